The van der Waals surface area contributed by atoms with Crippen LogP contribution in [0.1, 0.15) is 25.0 Å². The Kier molecular flexibility index (Phi) is 16.4. The van der Waals surface area contributed by atoms with Crippen molar-refractivity contribution >= 4 is 17.9 Å². The lowest BCUT2D eigenvalue weighted by atomic mass is 10.1. The lowest BCUT2D eigenvalue weighted by Gasteiger charge is -2.03. The molecule has 13 heteroatoms. The maximum Gasteiger partial charge on any atom is 0.322 e. The van der Waals surface area contributed by atoms with Gasteiger partial charge in [0.05, 0.1) is 18.6 Å². The summed E-state index contributed by atoms with van der Waals surface area (Å²) in [7, 11) is 0. The molecule has 0 aromatic carbocycles. The van der Waals surface area contributed by atoms with E-state index in [9.17, 15) is 14.4 Å². The van der Waals surface area contributed by atoms with Crippen molar-refractivity contribution in [3.05, 3.63) is 18.2 Å². The van der Waals surface area contributed by atoms with Gasteiger partial charge in [-0.15, -0.1) is 0 Å². The summed E-state index contributed by atoms with van der Waals surface area (Å²) in [6.45, 7) is 0.0989. The van der Waals surface area contributed by atoms with E-state index in [1.54, 1.807) is 6.20 Å². The minimum Gasteiger partial charge on any atom is -0.480 e. The molecule has 1 heterocycles. The number of carboxylic acids is 3. The smallest absolute Gasteiger partial charge is 0.322 e. The molecule has 0 aliphatic carbocycles. The van der Waals surface area contributed by atoms with Crippen LogP contribution in [0.25, 0.3) is 0 Å². The van der Waals surface area contributed by atoms with Crippen LogP contribution in [0.5, 0.6) is 0 Å². The highest BCUT2D eigenvalue weighted by Gasteiger charge is 2.12. The maximum absolute atomic E-state index is 10.3. The first-order valence-electron chi connectivity index (χ1n) is 8.30. The number of aromatic nitrogens is 2. The van der Waals surface area contributed by atoms with E-state index in [-0.39, 0.29) is 6.42 Å². The highest BCUT2D eigenvalue weighted by atomic mass is 16.4. The fraction of sp³-hybridized carbons (Fsp3) is 0.600. The summed E-state index contributed by atoms with van der Waals surface area (Å²) >= 11 is 0. The monoisotopic (exact) mass is 406 g/mol. The Balaban J connectivity index is 0. The van der Waals surface area contributed by atoms with E-state index in [1.807, 2.05) is 0 Å². The quantitative estimate of drug-likeness (QED) is 0.179. The summed E-state index contributed by atoms with van der Waals surface area (Å²) in [5, 5.41) is 32.6. The number of nitrogens with two attached hydrogens (primary N) is 4. The topological polar surface area (TPSA) is 265 Å². The minimum absolute atomic E-state index is 0.263. The highest BCUT2D eigenvalue weighted by Crippen LogP contribution is 1.97. The third kappa shape index (κ3) is 15.7. The summed E-state index contributed by atoms with van der Waals surface area (Å²) in [6.07, 6.45) is 5.54. The number of carboxylic acid groups (broad SMARTS) is 3. The Labute approximate surface area is 161 Å². The Hall–Kier alpha value is -2.58. The predicted molar refractivity (Wildman–Crippen MR) is 99.1 cm³/mol. The second kappa shape index (κ2) is 16.6. The van der Waals surface area contributed by atoms with Gasteiger partial charge >= 0.3 is 17.9 Å². The van der Waals surface area contributed by atoms with Gasteiger partial charge < -0.3 is 48.3 Å². The van der Waals surface area contributed by atoms with E-state index in [0.29, 0.717) is 18.7 Å². The number of aromatic amines is 1. The molecule has 1 aromatic heterocycles. The van der Waals surface area contributed by atoms with Crippen molar-refractivity contribution in [2.45, 2.75) is 43.8 Å². The Bertz CT molecular complexity index is 555. The van der Waals surface area contributed by atoms with Gasteiger partial charge in [0.15, 0.2) is 0 Å². The van der Waals surface area contributed by atoms with Gasteiger partial charge in [-0.25, -0.2) is 4.98 Å². The van der Waals surface area contributed by atoms with Crippen LogP contribution in [0.15, 0.2) is 12.5 Å². The molecule has 0 unspecified atom stereocenters. The number of nitrogens with one attached hydrogen (secondary N) is 1. The lowest BCUT2D eigenvalue weighted by molar-refractivity contribution is -0.140. The first-order chi connectivity index (χ1) is 13.1. The van der Waals surface area contributed by atoms with Gasteiger partial charge in [-0.05, 0) is 19.4 Å². The largest absolute Gasteiger partial charge is 0.480 e. The summed E-state index contributed by atoms with van der Waals surface area (Å²) in [4.78, 5) is 36.6. The Morgan fingerprint density at radius 2 is 1.50 bits per heavy atom. The molecule has 0 spiro atoms. The molecule has 0 amide bonds. The van der Waals surface area contributed by atoms with Gasteiger partial charge in [-0.1, -0.05) is 6.42 Å². The van der Waals surface area contributed by atoms with E-state index >= 15 is 0 Å². The highest BCUT2D eigenvalue weighted by molar-refractivity contribution is 5.73. The number of hydrogen-bond acceptors (Lipinski definition) is 9. The number of aliphatic hydroxyl groups is 1. The van der Waals surface area contributed by atoms with Crippen molar-refractivity contribution < 1.29 is 34.8 Å². The van der Waals surface area contributed by atoms with Crippen molar-refractivity contribution in [2.24, 2.45) is 22.9 Å². The zero-order valence-electron chi connectivity index (χ0n) is 15.4. The summed E-state index contributed by atoms with van der Waals surface area (Å²) in [6, 6.07) is -2.70. The number of nitrogens with zero attached hydrogens (tertiary/aromatic N) is 1. The molecule has 0 radical (unpaired) electrons. The second-order valence-corrected chi connectivity index (χ2v) is 5.57. The molecule has 162 valence electrons. The average molecular weight is 406 g/mol. The number of H-pyrrole nitrogens is 1. The molecule has 0 bridgehead atoms. The molecule has 3 atom stereocenters. The number of hydrogen-bond donors (Lipinski definition) is 9. The van der Waals surface area contributed by atoms with Crippen molar-refractivity contribution in [1.82, 2.24) is 9.97 Å². The maximum atomic E-state index is 10.3. The van der Waals surface area contributed by atoms with Crippen LogP contribution in [0.4, 0.5) is 0 Å². The number of unbranched alkanes of at least 4 members (excludes halogenated alkanes) is 1. The average Bonchev–Trinajstić information content (AvgIpc) is 3.14. The van der Waals surface area contributed by atoms with Gasteiger partial charge in [-0.2, -0.15) is 0 Å². The Morgan fingerprint density at radius 1 is 0.964 bits per heavy atom. The fourth-order valence-corrected chi connectivity index (χ4v) is 1.43. The van der Waals surface area contributed by atoms with Gasteiger partial charge in [0.2, 0.25) is 0 Å². The molecular weight excluding hydrogens is 376 g/mol. The number of imidazole rings is 1. The van der Waals surface area contributed by atoms with Crippen LogP contribution in [0, 0.1) is 0 Å². The van der Waals surface area contributed by atoms with Crippen LogP contribution in [0.3, 0.4) is 0 Å². The van der Waals surface area contributed by atoms with Crippen LogP contribution in [-0.2, 0) is 20.8 Å². The number of aliphatic hydroxyl groups excluding tert-OH is 1. The van der Waals surface area contributed by atoms with E-state index < -0.39 is 42.6 Å². The van der Waals surface area contributed by atoms with Crippen molar-refractivity contribution in [3.63, 3.8) is 0 Å². The third-order valence-electron chi connectivity index (χ3n) is 3.10. The molecule has 1 rings (SSSR count). The van der Waals surface area contributed by atoms with E-state index in [0.717, 1.165) is 12.8 Å². The van der Waals surface area contributed by atoms with E-state index in [4.69, 9.17) is 43.4 Å². The molecule has 13 nitrogen and oxygen atoms in total. The first kappa shape index (κ1) is 27.6. The first-order valence-corrected chi connectivity index (χ1v) is 8.30. The lowest BCUT2D eigenvalue weighted by Crippen LogP contribution is -2.33. The van der Waals surface area contributed by atoms with Crippen molar-refractivity contribution in [3.8, 4) is 0 Å². The predicted octanol–water partition coefficient (Wildman–Crippen LogP) is -2.72. The fourth-order valence-electron chi connectivity index (χ4n) is 1.43. The molecule has 0 fully saturated rings. The van der Waals surface area contributed by atoms with Crippen LogP contribution >= 0.6 is 0 Å². The molecule has 0 aliphatic heterocycles. The van der Waals surface area contributed by atoms with E-state index in [1.165, 1.54) is 6.33 Å². The van der Waals surface area contributed by atoms with Crippen LogP contribution in [0.2, 0.25) is 0 Å². The zero-order valence-corrected chi connectivity index (χ0v) is 15.4. The second-order valence-electron chi connectivity index (χ2n) is 5.57. The summed E-state index contributed by atoms with van der Waals surface area (Å²) in [5.74, 6) is -3.12. The number of carbonyl (C=O) groups is 3. The van der Waals surface area contributed by atoms with Crippen LogP contribution < -0.4 is 22.9 Å². The molecule has 0 saturated carbocycles. The van der Waals surface area contributed by atoms with Gasteiger partial charge in [-0.3, -0.25) is 14.4 Å². The third-order valence-corrected chi connectivity index (χ3v) is 3.10. The SMILES string of the molecule is NCCCC[C@H](N)C(=O)O.N[C@@H](CO)C(=O)O.N[C@@H](Cc1c[nH]cn1)C(=O)O. The zero-order chi connectivity index (χ0) is 22.1. The molecule has 28 heavy (non-hydrogen) atoms. The molecule has 1 aromatic rings. The normalized spacial score (nSPS) is 13.0. The molecule has 0 saturated heterocycles. The standard InChI is InChI=1S/C6H9N3O2.C6H14N2O2.C3H7NO3/c7-5(6(10)11)1-4-2-8-3-9-4;7-4-2-1-3-5(8)6(9)10;4-2(1-5)3(6)7/h2-3,5H,1,7H2,(H,8,9)(H,10,11);5H,1-4,7-8H2,(H,9,10);2,5H,1,4H2,(H,6,7)/t2*5-;2-/m000/s1. The van der Waals surface area contributed by atoms with E-state index in [2.05, 4.69) is 9.97 Å². The molecular formula is C15H30N6O7. The minimum atomic E-state index is -1.18. The number of aliphatic carboxylic acids is 3. The summed E-state index contributed by atoms with van der Waals surface area (Å²) in [5.41, 5.74) is 21.1. The van der Waals surface area contributed by atoms with Gasteiger partial charge in [0.25, 0.3) is 0 Å². The van der Waals surface area contributed by atoms with Gasteiger partial charge in [0.1, 0.15) is 18.1 Å². The molecule has 13 N–H and O–H groups in total. The molecule has 0 aliphatic rings. The van der Waals surface area contributed by atoms with Gasteiger partial charge in [0, 0.05) is 12.6 Å². The number of rotatable bonds is 10. The summed E-state index contributed by atoms with van der Waals surface area (Å²) < 4.78 is 0. The van der Waals surface area contributed by atoms with Crippen LogP contribution in [-0.4, -0.2) is 79.6 Å². The van der Waals surface area contributed by atoms with Crippen molar-refractivity contribution in [1.29, 1.82) is 0 Å². The van der Waals surface area contributed by atoms with Crippen molar-refractivity contribution in [2.75, 3.05) is 13.2 Å². The Morgan fingerprint density at radius 3 is 1.82 bits per heavy atom.